The first kappa shape index (κ1) is 6.97. The first-order valence-corrected chi connectivity index (χ1v) is 3.09. The highest BCUT2D eigenvalue weighted by atomic mass is 35.5. The Morgan fingerprint density at radius 2 is 2.70 bits per heavy atom. The Labute approximate surface area is 63.9 Å². The summed E-state index contributed by atoms with van der Waals surface area (Å²) >= 11 is 5.25. The minimum absolute atomic E-state index is 0.520. The zero-order valence-corrected chi connectivity index (χ0v) is 5.94. The third-order valence-electron chi connectivity index (χ3n) is 1.00. The number of H-pyrrole nitrogens is 1. The normalized spacial score (nSPS) is 8.80. The maximum Gasteiger partial charge on any atom is 0.215 e. The van der Waals surface area contributed by atoms with E-state index >= 15 is 0 Å². The summed E-state index contributed by atoms with van der Waals surface area (Å²) < 4.78 is 0. The maximum atomic E-state index is 5.25. The quantitative estimate of drug-likeness (QED) is 0.497. The summed E-state index contributed by atoms with van der Waals surface area (Å²) in [4.78, 5) is 9.11. The van der Waals surface area contributed by atoms with Gasteiger partial charge in [-0.3, -0.25) is 4.84 Å². The molecular formula is C6H6ClN3. The first-order valence-electron chi connectivity index (χ1n) is 2.71. The maximum absolute atomic E-state index is 5.25. The van der Waals surface area contributed by atoms with Gasteiger partial charge in [0.2, 0.25) is 5.95 Å². The van der Waals surface area contributed by atoms with Gasteiger partial charge in [0.15, 0.2) is 0 Å². The van der Waals surface area contributed by atoms with Crippen molar-refractivity contribution in [3.05, 3.63) is 11.9 Å². The van der Waals surface area contributed by atoms with E-state index in [9.17, 15) is 0 Å². The van der Waals surface area contributed by atoms with Gasteiger partial charge in [0.25, 0.3) is 0 Å². The molecule has 3 nitrogen and oxygen atoms in total. The number of hydrogen-bond donors (Lipinski definition) is 2. The molecule has 1 heterocycles. The lowest BCUT2D eigenvalue weighted by Gasteiger charge is -1.84. The largest absolute Gasteiger partial charge is 0.330 e. The second-order valence-corrected chi connectivity index (χ2v) is 1.90. The molecular weight excluding hydrogens is 150 g/mol. The number of terminal acetylenes is 1. The van der Waals surface area contributed by atoms with Crippen molar-refractivity contribution >= 4 is 17.7 Å². The summed E-state index contributed by atoms with van der Waals surface area (Å²) in [6, 6.07) is 0. The number of anilines is 1. The van der Waals surface area contributed by atoms with E-state index in [1.165, 1.54) is 0 Å². The number of hydrogen-bond acceptors (Lipinski definition) is 2. The van der Waals surface area contributed by atoms with E-state index in [0.717, 1.165) is 5.69 Å². The van der Waals surface area contributed by atoms with Crippen LogP contribution in [0.3, 0.4) is 0 Å². The number of imidazole rings is 1. The molecule has 0 saturated carbocycles. The van der Waals surface area contributed by atoms with Gasteiger partial charge in [-0.15, -0.1) is 12.3 Å². The van der Waals surface area contributed by atoms with Crippen LogP contribution in [0.25, 0.3) is 0 Å². The Balaban J connectivity index is 2.70. The van der Waals surface area contributed by atoms with Gasteiger partial charge < -0.3 is 4.98 Å². The minimum atomic E-state index is 0.520. The van der Waals surface area contributed by atoms with Crippen molar-refractivity contribution < 1.29 is 0 Å². The van der Waals surface area contributed by atoms with Crippen LogP contribution >= 0.6 is 11.8 Å². The average Bonchev–Trinajstić information content (AvgIpc) is 2.37. The van der Waals surface area contributed by atoms with Gasteiger partial charge in [0.05, 0.1) is 12.1 Å². The standard InChI is InChI=1S/C6H6ClN3/c1-2-3-5-4-8-6(9-5)10-7/h1,4H,3H2,(H2,8,9,10). The van der Waals surface area contributed by atoms with Crippen molar-refractivity contribution in [1.29, 1.82) is 0 Å². The van der Waals surface area contributed by atoms with Crippen LogP contribution in [0, 0.1) is 12.3 Å². The molecule has 0 atom stereocenters. The fourth-order valence-electron chi connectivity index (χ4n) is 0.603. The lowest BCUT2D eigenvalue weighted by atomic mass is 10.3. The zero-order valence-electron chi connectivity index (χ0n) is 5.19. The average molecular weight is 156 g/mol. The smallest absolute Gasteiger partial charge is 0.215 e. The molecule has 1 rings (SSSR count). The summed E-state index contributed by atoms with van der Waals surface area (Å²) in [5, 5.41) is 0. The van der Waals surface area contributed by atoms with E-state index in [-0.39, 0.29) is 0 Å². The molecule has 0 unspecified atom stereocenters. The van der Waals surface area contributed by atoms with Gasteiger partial charge in [0, 0.05) is 18.0 Å². The lowest BCUT2D eigenvalue weighted by molar-refractivity contribution is 1.19. The van der Waals surface area contributed by atoms with E-state index in [1.807, 2.05) is 0 Å². The van der Waals surface area contributed by atoms with Crippen molar-refractivity contribution in [2.45, 2.75) is 6.42 Å². The Kier molecular flexibility index (Phi) is 2.19. The lowest BCUT2D eigenvalue weighted by Crippen LogP contribution is -1.83. The van der Waals surface area contributed by atoms with Crippen LogP contribution in [-0.4, -0.2) is 9.97 Å². The zero-order chi connectivity index (χ0) is 7.40. The van der Waals surface area contributed by atoms with E-state index in [0.29, 0.717) is 12.4 Å². The molecule has 0 radical (unpaired) electrons. The number of aromatic amines is 1. The molecule has 0 fully saturated rings. The number of halogens is 1. The van der Waals surface area contributed by atoms with Crippen LogP contribution in [0.1, 0.15) is 5.69 Å². The molecule has 1 aromatic rings. The van der Waals surface area contributed by atoms with Crippen LogP contribution < -0.4 is 4.84 Å². The molecule has 0 amide bonds. The molecule has 52 valence electrons. The SMILES string of the molecule is C#CCc1c[nH]c(NCl)n1. The van der Waals surface area contributed by atoms with Crippen molar-refractivity contribution in [1.82, 2.24) is 9.97 Å². The van der Waals surface area contributed by atoms with Crippen LogP contribution in [0.2, 0.25) is 0 Å². The third-order valence-corrected chi connectivity index (χ3v) is 1.18. The van der Waals surface area contributed by atoms with Crippen LogP contribution in [0.4, 0.5) is 5.95 Å². The molecule has 10 heavy (non-hydrogen) atoms. The first-order chi connectivity index (χ1) is 4.86. The minimum Gasteiger partial charge on any atom is -0.330 e. The molecule has 0 aliphatic heterocycles. The van der Waals surface area contributed by atoms with Crippen LogP contribution in [0.15, 0.2) is 6.20 Å². The Morgan fingerprint density at radius 1 is 1.90 bits per heavy atom. The number of nitrogens with zero attached hydrogens (tertiary/aromatic N) is 1. The van der Waals surface area contributed by atoms with Crippen molar-refractivity contribution in [3.8, 4) is 12.3 Å². The molecule has 2 N–H and O–H groups in total. The number of aromatic nitrogens is 2. The molecule has 0 aromatic carbocycles. The highest BCUT2D eigenvalue weighted by Crippen LogP contribution is 2.02. The van der Waals surface area contributed by atoms with E-state index in [1.54, 1.807) is 6.20 Å². The molecule has 0 aliphatic rings. The van der Waals surface area contributed by atoms with E-state index in [4.69, 9.17) is 18.2 Å². The highest BCUT2D eigenvalue weighted by molar-refractivity contribution is 6.23. The summed E-state index contributed by atoms with van der Waals surface area (Å²) in [6.45, 7) is 0. The third kappa shape index (κ3) is 1.42. The monoisotopic (exact) mass is 155 g/mol. The summed E-state index contributed by atoms with van der Waals surface area (Å²) in [5.41, 5.74) is 0.811. The number of nitrogens with one attached hydrogen (secondary N) is 2. The Morgan fingerprint density at radius 3 is 3.20 bits per heavy atom. The molecule has 4 heteroatoms. The summed E-state index contributed by atoms with van der Waals surface area (Å²) in [7, 11) is 0. The second kappa shape index (κ2) is 3.14. The summed E-state index contributed by atoms with van der Waals surface area (Å²) in [5.74, 6) is 2.99. The topological polar surface area (TPSA) is 40.7 Å². The van der Waals surface area contributed by atoms with Crippen molar-refractivity contribution in [2.24, 2.45) is 0 Å². The van der Waals surface area contributed by atoms with E-state index in [2.05, 4.69) is 20.7 Å². The van der Waals surface area contributed by atoms with Gasteiger partial charge in [0.1, 0.15) is 0 Å². The van der Waals surface area contributed by atoms with Gasteiger partial charge in [-0.25, -0.2) is 4.98 Å². The fourth-order valence-corrected chi connectivity index (χ4v) is 0.700. The van der Waals surface area contributed by atoms with Gasteiger partial charge in [-0.1, -0.05) is 0 Å². The Hall–Kier alpha value is -1.14. The predicted octanol–water partition coefficient (Wildman–Crippen LogP) is 1.15. The predicted molar refractivity (Wildman–Crippen MR) is 40.6 cm³/mol. The molecule has 0 spiro atoms. The fraction of sp³-hybridized carbons (Fsp3) is 0.167. The van der Waals surface area contributed by atoms with Crippen molar-refractivity contribution in [2.75, 3.05) is 4.84 Å². The second-order valence-electron chi connectivity index (χ2n) is 1.72. The molecule has 0 aliphatic carbocycles. The van der Waals surface area contributed by atoms with E-state index < -0.39 is 0 Å². The molecule has 1 aromatic heterocycles. The highest BCUT2D eigenvalue weighted by Gasteiger charge is 1.95. The van der Waals surface area contributed by atoms with Gasteiger partial charge >= 0.3 is 0 Å². The molecule has 0 saturated heterocycles. The Bertz CT molecular complexity index is 248. The number of rotatable bonds is 2. The molecule has 0 bridgehead atoms. The van der Waals surface area contributed by atoms with Gasteiger partial charge in [-0.05, 0) is 0 Å². The van der Waals surface area contributed by atoms with Gasteiger partial charge in [-0.2, -0.15) is 0 Å². The van der Waals surface area contributed by atoms with Crippen LogP contribution in [-0.2, 0) is 6.42 Å². The van der Waals surface area contributed by atoms with Crippen LogP contribution in [0.5, 0.6) is 0 Å². The van der Waals surface area contributed by atoms with Crippen molar-refractivity contribution in [3.63, 3.8) is 0 Å². The summed E-state index contributed by atoms with van der Waals surface area (Å²) in [6.07, 6.45) is 7.29.